The summed E-state index contributed by atoms with van der Waals surface area (Å²) in [6, 6.07) is 12.2. The van der Waals surface area contributed by atoms with Gasteiger partial charge in [-0.25, -0.2) is 12.7 Å². The second-order valence-corrected chi connectivity index (χ2v) is 10.4. The molecule has 31 heavy (non-hydrogen) atoms. The third-order valence-electron chi connectivity index (χ3n) is 5.22. The highest BCUT2D eigenvalue weighted by molar-refractivity contribution is 7.88. The lowest BCUT2D eigenvalue weighted by molar-refractivity contribution is -0.126. The fourth-order valence-electron chi connectivity index (χ4n) is 3.44. The summed E-state index contributed by atoms with van der Waals surface area (Å²) < 4.78 is 32.6. The van der Waals surface area contributed by atoms with Crippen molar-refractivity contribution in [3.05, 3.63) is 63.6 Å². The van der Waals surface area contributed by atoms with Gasteiger partial charge in [0.1, 0.15) is 12.4 Å². The van der Waals surface area contributed by atoms with Crippen molar-refractivity contribution in [1.29, 1.82) is 0 Å². The van der Waals surface area contributed by atoms with Crippen molar-refractivity contribution in [1.82, 2.24) is 9.62 Å². The van der Waals surface area contributed by atoms with E-state index in [0.717, 1.165) is 5.56 Å². The summed E-state index contributed by atoms with van der Waals surface area (Å²) in [6.45, 7) is 3.16. The van der Waals surface area contributed by atoms with Crippen LogP contribution in [0.25, 0.3) is 0 Å². The molecule has 0 radical (unpaired) electrons. The minimum Gasteiger partial charge on any atom is -0.492 e. The van der Waals surface area contributed by atoms with Gasteiger partial charge in [0.25, 0.3) is 0 Å². The quantitative estimate of drug-likeness (QED) is 0.573. The molecule has 1 N–H and O–H groups in total. The van der Waals surface area contributed by atoms with Gasteiger partial charge in [0.2, 0.25) is 15.9 Å². The molecule has 2 aromatic rings. The van der Waals surface area contributed by atoms with Crippen LogP contribution in [-0.2, 0) is 20.6 Å². The van der Waals surface area contributed by atoms with E-state index in [9.17, 15) is 13.2 Å². The lowest BCUT2D eigenvalue weighted by Crippen LogP contribution is -2.46. The van der Waals surface area contributed by atoms with Crippen molar-refractivity contribution in [3.8, 4) is 5.75 Å². The molecule has 1 saturated heterocycles. The van der Waals surface area contributed by atoms with Crippen molar-refractivity contribution in [3.63, 3.8) is 0 Å². The summed E-state index contributed by atoms with van der Waals surface area (Å²) in [5.74, 6) is 0.00678. The van der Waals surface area contributed by atoms with Gasteiger partial charge in [-0.3, -0.25) is 4.79 Å². The highest BCUT2D eigenvalue weighted by Crippen LogP contribution is 2.23. The third kappa shape index (κ3) is 6.84. The van der Waals surface area contributed by atoms with E-state index in [2.05, 4.69) is 5.32 Å². The fourth-order valence-corrected chi connectivity index (χ4v) is 5.35. The van der Waals surface area contributed by atoms with Crippen LogP contribution in [-0.4, -0.2) is 44.9 Å². The van der Waals surface area contributed by atoms with E-state index in [1.807, 2.05) is 19.1 Å². The van der Waals surface area contributed by atoms with Crippen LogP contribution in [0.15, 0.2) is 42.5 Å². The first-order valence-corrected chi connectivity index (χ1v) is 12.5. The van der Waals surface area contributed by atoms with Gasteiger partial charge in [0.15, 0.2) is 0 Å². The van der Waals surface area contributed by atoms with Gasteiger partial charge in [-0.1, -0.05) is 41.4 Å². The van der Waals surface area contributed by atoms with Gasteiger partial charge in [0, 0.05) is 23.1 Å². The minimum absolute atomic E-state index is 0.106. The number of halogens is 2. The number of carbonyl (C=O) groups is 1. The van der Waals surface area contributed by atoms with E-state index < -0.39 is 10.0 Å². The number of aryl methyl sites for hydroxylation is 1. The van der Waals surface area contributed by atoms with E-state index in [0.29, 0.717) is 53.9 Å². The Bertz CT molecular complexity index is 1010. The van der Waals surface area contributed by atoms with Crippen LogP contribution in [0, 0.1) is 12.8 Å². The van der Waals surface area contributed by atoms with Crippen LogP contribution in [0.3, 0.4) is 0 Å². The molecule has 1 aliphatic rings. The Hall–Kier alpha value is -1.80. The molecule has 0 aliphatic carbocycles. The molecule has 9 heteroatoms. The second-order valence-electron chi connectivity index (χ2n) is 7.63. The summed E-state index contributed by atoms with van der Waals surface area (Å²) in [5.41, 5.74) is 1.64. The number of piperidine rings is 1. The smallest absolute Gasteiger partial charge is 0.224 e. The number of ether oxygens (including phenoxy) is 1. The summed E-state index contributed by atoms with van der Waals surface area (Å²) in [4.78, 5) is 12.6. The summed E-state index contributed by atoms with van der Waals surface area (Å²) in [7, 11) is -3.51. The molecule has 1 fully saturated rings. The Balaban J connectivity index is 1.48. The zero-order valence-corrected chi connectivity index (χ0v) is 19.6. The highest BCUT2D eigenvalue weighted by atomic mass is 35.5. The van der Waals surface area contributed by atoms with Crippen LogP contribution in [0.1, 0.15) is 24.0 Å². The lowest BCUT2D eigenvalue weighted by Gasteiger charge is -2.31. The molecule has 0 saturated carbocycles. The molecule has 0 spiro atoms. The molecule has 2 aromatic carbocycles. The van der Waals surface area contributed by atoms with Gasteiger partial charge in [-0.2, -0.15) is 0 Å². The largest absolute Gasteiger partial charge is 0.492 e. The molecule has 168 valence electrons. The molecule has 0 unspecified atom stereocenters. The normalized spacial score (nSPS) is 17.3. The van der Waals surface area contributed by atoms with E-state index in [1.165, 1.54) is 4.31 Å². The number of nitrogens with zero attached hydrogens (tertiary/aromatic N) is 1. The molecule has 1 amide bonds. The van der Waals surface area contributed by atoms with Gasteiger partial charge < -0.3 is 10.1 Å². The maximum Gasteiger partial charge on any atom is 0.224 e. The predicted molar refractivity (Wildman–Crippen MR) is 123 cm³/mol. The highest BCUT2D eigenvalue weighted by Gasteiger charge is 2.32. The number of benzene rings is 2. The molecular weight excluding hydrogens is 459 g/mol. The zero-order valence-electron chi connectivity index (χ0n) is 17.3. The molecule has 3 rings (SSSR count). The minimum atomic E-state index is -3.51. The average Bonchev–Trinajstić information content (AvgIpc) is 2.75. The second kappa shape index (κ2) is 10.7. The SMILES string of the molecule is Cc1ccc(OCCNC(=O)[C@H]2CCCN(S(=O)(=O)Cc3ccc(Cl)cc3)C2)cc1Cl. The maximum absolute atomic E-state index is 12.8. The van der Waals surface area contributed by atoms with E-state index in [4.69, 9.17) is 27.9 Å². The first-order valence-electron chi connectivity index (χ1n) is 10.1. The van der Waals surface area contributed by atoms with Crippen LogP contribution in [0.4, 0.5) is 0 Å². The lowest BCUT2D eigenvalue weighted by atomic mass is 9.99. The molecule has 1 aliphatic heterocycles. The molecule has 0 bridgehead atoms. The summed E-state index contributed by atoms with van der Waals surface area (Å²) >= 11 is 11.9. The molecular formula is C22H26Cl2N2O4S. The first kappa shape index (κ1) is 23.9. The summed E-state index contributed by atoms with van der Waals surface area (Å²) in [5, 5.41) is 4.03. The van der Waals surface area contributed by atoms with Crippen molar-refractivity contribution in [2.45, 2.75) is 25.5 Å². The number of sulfonamides is 1. The molecule has 0 aromatic heterocycles. The summed E-state index contributed by atoms with van der Waals surface area (Å²) in [6.07, 6.45) is 1.31. The topological polar surface area (TPSA) is 75.7 Å². The van der Waals surface area contributed by atoms with E-state index in [-0.39, 0.29) is 24.1 Å². The van der Waals surface area contributed by atoms with Gasteiger partial charge in [-0.15, -0.1) is 0 Å². The van der Waals surface area contributed by atoms with Gasteiger partial charge >= 0.3 is 0 Å². The number of carbonyl (C=O) groups excluding carboxylic acids is 1. The fraction of sp³-hybridized carbons (Fsp3) is 0.409. The monoisotopic (exact) mass is 484 g/mol. The number of rotatable bonds is 8. The number of hydrogen-bond acceptors (Lipinski definition) is 4. The Labute approximate surface area is 193 Å². The average molecular weight is 485 g/mol. The van der Waals surface area contributed by atoms with E-state index >= 15 is 0 Å². The van der Waals surface area contributed by atoms with Gasteiger partial charge in [-0.05, 0) is 55.2 Å². The van der Waals surface area contributed by atoms with Crippen LogP contribution < -0.4 is 10.1 Å². The maximum atomic E-state index is 12.8. The molecule has 6 nitrogen and oxygen atoms in total. The Morgan fingerprint density at radius 3 is 2.65 bits per heavy atom. The Morgan fingerprint density at radius 1 is 1.19 bits per heavy atom. The van der Waals surface area contributed by atoms with Crippen LogP contribution in [0.2, 0.25) is 10.0 Å². The standard InChI is InChI=1S/C22H26Cl2N2O4S/c1-16-4-9-20(13-21(16)24)30-12-10-25-22(27)18-3-2-11-26(14-18)31(28,29)15-17-5-7-19(23)8-6-17/h4-9,13,18H,2-3,10-12,14-15H2,1H3,(H,25,27)/t18-/m0/s1. The van der Waals surface area contributed by atoms with Crippen molar-refractivity contribution in [2.75, 3.05) is 26.2 Å². The number of amides is 1. The van der Waals surface area contributed by atoms with Crippen LogP contribution in [0.5, 0.6) is 5.75 Å². The molecule has 1 heterocycles. The molecule has 1 atom stereocenters. The first-order chi connectivity index (χ1) is 14.7. The number of nitrogens with one attached hydrogen (secondary N) is 1. The predicted octanol–water partition coefficient (Wildman–Crippen LogP) is 4.04. The Morgan fingerprint density at radius 2 is 1.94 bits per heavy atom. The van der Waals surface area contributed by atoms with Crippen molar-refractivity contribution in [2.24, 2.45) is 5.92 Å². The Kier molecular flexibility index (Phi) is 8.22. The van der Waals surface area contributed by atoms with Crippen LogP contribution >= 0.6 is 23.2 Å². The zero-order chi connectivity index (χ0) is 22.4. The van der Waals surface area contributed by atoms with Crippen molar-refractivity contribution >= 4 is 39.1 Å². The van der Waals surface area contributed by atoms with Gasteiger partial charge in [0.05, 0.1) is 18.2 Å². The third-order valence-corrected chi connectivity index (χ3v) is 7.70. The van der Waals surface area contributed by atoms with Crippen molar-refractivity contribution < 1.29 is 17.9 Å². The van der Waals surface area contributed by atoms with E-state index in [1.54, 1.807) is 30.3 Å². The number of hydrogen-bond donors (Lipinski definition) is 1.